The summed E-state index contributed by atoms with van der Waals surface area (Å²) in [6.45, 7) is 6.41. The van der Waals surface area contributed by atoms with Crippen LogP contribution in [0.25, 0.3) is 28.1 Å². The minimum atomic E-state index is 0.0126. The van der Waals surface area contributed by atoms with Crippen molar-refractivity contribution in [3.05, 3.63) is 42.4 Å². The van der Waals surface area contributed by atoms with Gasteiger partial charge in [-0.1, -0.05) is 32.9 Å². The normalized spacial score (nSPS) is 12.3. The molecule has 3 heterocycles. The second-order valence-corrected chi connectivity index (χ2v) is 6.38. The Morgan fingerprint density at radius 3 is 2.73 bits per heavy atom. The number of benzene rings is 1. The summed E-state index contributed by atoms with van der Waals surface area (Å²) in [6, 6.07) is 9.92. The molecule has 0 aliphatic rings. The van der Waals surface area contributed by atoms with E-state index >= 15 is 0 Å². The summed E-state index contributed by atoms with van der Waals surface area (Å²) in [5, 5.41) is 12.9. The quantitative estimate of drug-likeness (QED) is 0.585. The molecule has 0 bridgehead atoms. The van der Waals surface area contributed by atoms with Crippen molar-refractivity contribution in [3.63, 3.8) is 0 Å². The predicted molar refractivity (Wildman–Crippen MR) is 84.6 cm³/mol. The van der Waals surface area contributed by atoms with Crippen LogP contribution in [0.2, 0.25) is 0 Å². The molecule has 22 heavy (non-hydrogen) atoms. The lowest BCUT2D eigenvalue weighted by Crippen LogP contribution is -2.11. The van der Waals surface area contributed by atoms with E-state index in [9.17, 15) is 0 Å². The van der Waals surface area contributed by atoms with E-state index in [1.54, 1.807) is 10.8 Å². The molecular weight excluding hydrogens is 276 g/mol. The van der Waals surface area contributed by atoms with Crippen molar-refractivity contribution in [2.24, 2.45) is 0 Å². The summed E-state index contributed by atoms with van der Waals surface area (Å²) in [7, 11) is 0. The summed E-state index contributed by atoms with van der Waals surface area (Å²) in [5.74, 6) is 0.602. The second kappa shape index (κ2) is 4.37. The smallest absolute Gasteiger partial charge is 0.202 e. The maximum absolute atomic E-state index is 4.64. The van der Waals surface area contributed by atoms with Crippen LogP contribution in [0.3, 0.4) is 0 Å². The largest absolute Gasteiger partial charge is 0.281 e. The third-order valence-electron chi connectivity index (χ3n) is 3.70. The van der Waals surface area contributed by atoms with Crippen LogP contribution in [0, 0.1) is 0 Å². The second-order valence-electron chi connectivity index (χ2n) is 6.38. The highest BCUT2D eigenvalue weighted by Crippen LogP contribution is 2.25. The van der Waals surface area contributed by atoms with Crippen molar-refractivity contribution in [3.8, 4) is 11.5 Å². The number of para-hydroxylation sites is 1. The minimum absolute atomic E-state index is 0.0126. The first-order chi connectivity index (χ1) is 10.5. The molecule has 1 N–H and O–H groups in total. The molecule has 3 aromatic heterocycles. The highest BCUT2D eigenvalue weighted by Gasteiger charge is 2.19. The fourth-order valence-corrected chi connectivity index (χ4v) is 2.41. The predicted octanol–water partition coefficient (Wildman–Crippen LogP) is 2.97. The Balaban J connectivity index is 1.89. The fraction of sp³-hybridized carbons (Fsp3) is 0.250. The average Bonchev–Trinajstić information content (AvgIpc) is 3.13. The van der Waals surface area contributed by atoms with E-state index in [1.807, 2.05) is 30.3 Å². The SMILES string of the molecule is CC(C)(C)c1cc(-c2nc3c4ccccc4ncn3n2)n[nH]1. The molecule has 0 fully saturated rings. The van der Waals surface area contributed by atoms with Gasteiger partial charge in [0.15, 0.2) is 5.65 Å². The Kier molecular flexibility index (Phi) is 2.57. The Labute approximate surface area is 127 Å². The van der Waals surface area contributed by atoms with Gasteiger partial charge < -0.3 is 0 Å². The van der Waals surface area contributed by atoms with E-state index in [-0.39, 0.29) is 5.41 Å². The van der Waals surface area contributed by atoms with Crippen molar-refractivity contribution in [2.75, 3.05) is 0 Å². The number of aromatic amines is 1. The summed E-state index contributed by atoms with van der Waals surface area (Å²) in [4.78, 5) is 9.03. The van der Waals surface area contributed by atoms with Crippen molar-refractivity contribution in [1.29, 1.82) is 0 Å². The highest BCUT2D eigenvalue weighted by atomic mass is 15.3. The van der Waals surface area contributed by atoms with Crippen LogP contribution in [0.1, 0.15) is 26.5 Å². The van der Waals surface area contributed by atoms with Crippen LogP contribution in [0.15, 0.2) is 36.7 Å². The molecule has 0 spiro atoms. The van der Waals surface area contributed by atoms with E-state index in [2.05, 4.69) is 46.0 Å². The summed E-state index contributed by atoms with van der Waals surface area (Å²) in [6.07, 6.45) is 1.69. The van der Waals surface area contributed by atoms with Crippen molar-refractivity contribution in [1.82, 2.24) is 29.8 Å². The van der Waals surface area contributed by atoms with Crippen molar-refractivity contribution in [2.45, 2.75) is 26.2 Å². The van der Waals surface area contributed by atoms with Gasteiger partial charge in [-0.2, -0.15) is 5.10 Å². The zero-order valence-electron chi connectivity index (χ0n) is 12.7. The van der Waals surface area contributed by atoms with Gasteiger partial charge in [0.05, 0.1) is 5.52 Å². The molecule has 6 nitrogen and oxygen atoms in total. The minimum Gasteiger partial charge on any atom is -0.281 e. The van der Waals surface area contributed by atoms with E-state index in [0.29, 0.717) is 5.82 Å². The fourth-order valence-electron chi connectivity index (χ4n) is 2.41. The molecule has 6 heteroatoms. The number of hydrogen-bond acceptors (Lipinski definition) is 4. The standard InChI is InChI=1S/C16H16N6/c1-16(2,3)13-8-12(19-20-13)14-18-15-10-6-4-5-7-11(10)17-9-22(15)21-14/h4-9H,1-3H3,(H,19,20). The van der Waals surface area contributed by atoms with Gasteiger partial charge in [0.2, 0.25) is 5.82 Å². The van der Waals surface area contributed by atoms with Crippen LogP contribution >= 0.6 is 0 Å². The molecule has 110 valence electrons. The topological polar surface area (TPSA) is 71.8 Å². The number of nitrogens with zero attached hydrogens (tertiary/aromatic N) is 5. The first-order valence-electron chi connectivity index (χ1n) is 7.19. The first kappa shape index (κ1) is 12.9. The Bertz CT molecular complexity index is 973. The number of hydrogen-bond donors (Lipinski definition) is 1. The number of rotatable bonds is 1. The molecule has 0 unspecified atom stereocenters. The summed E-state index contributed by atoms with van der Waals surface area (Å²) >= 11 is 0. The molecule has 0 saturated carbocycles. The monoisotopic (exact) mass is 292 g/mol. The van der Waals surface area contributed by atoms with Gasteiger partial charge in [0.1, 0.15) is 12.0 Å². The zero-order chi connectivity index (χ0) is 15.3. The van der Waals surface area contributed by atoms with Gasteiger partial charge >= 0.3 is 0 Å². The van der Waals surface area contributed by atoms with Crippen LogP contribution in [0.5, 0.6) is 0 Å². The van der Waals surface area contributed by atoms with Gasteiger partial charge in [-0.05, 0) is 18.2 Å². The maximum Gasteiger partial charge on any atom is 0.202 e. The first-order valence-corrected chi connectivity index (χ1v) is 7.19. The molecule has 0 aliphatic heterocycles. The molecular formula is C16H16N6. The van der Waals surface area contributed by atoms with Crippen molar-refractivity contribution >= 4 is 16.6 Å². The number of fused-ring (bicyclic) bond motifs is 3. The lowest BCUT2D eigenvalue weighted by atomic mass is 9.92. The molecule has 0 radical (unpaired) electrons. The van der Waals surface area contributed by atoms with E-state index in [4.69, 9.17) is 0 Å². The third-order valence-corrected chi connectivity index (χ3v) is 3.70. The van der Waals surface area contributed by atoms with Crippen LogP contribution in [0.4, 0.5) is 0 Å². The Morgan fingerprint density at radius 1 is 1.14 bits per heavy atom. The molecule has 4 aromatic rings. The lowest BCUT2D eigenvalue weighted by molar-refractivity contribution is 0.567. The van der Waals surface area contributed by atoms with E-state index in [1.165, 1.54) is 0 Å². The summed E-state index contributed by atoms with van der Waals surface area (Å²) < 4.78 is 1.70. The number of aromatic nitrogens is 6. The third kappa shape index (κ3) is 1.95. The van der Waals surface area contributed by atoms with Gasteiger partial charge in [0, 0.05) is 16.5 Å². The highest BCUT2D eigenvalue weighted by molar-refractivity contribution is 5.91. The van der Waals surface area contributed by atoms with Crippen molar-refractivity contribution < 1.29 is 0 Å². The van der Waals surface area contributed by atoms with E-state index in [0.717, 1.165) is 27.9 Å². The molecule has 1 aromatic carbocycles. The average molecular weight is 292 g/mol. The van der Waals surface area contributed by atoms with E-state index < -0.39 is 0 Å². The summed E-state index contributed by atoms with van der Waals surface area (Å²) in [5.41, 5.74) is 3.52. The Morgan fingerprint density at radius 2 is 1.95 bits per heavy atom. The van der Waals surface area contributed by atoms with Gasteiger partial charge in [-0.3, -0.25) is 5.10 Å². The zero-order valence-corrected chi connectivity index (χ0v) is 12.7. The molecule has 0 aliphatic carbocycles. The van der Waals surface area contributed by atoms with Gasteiger partial charge in [-0.25, -0.2) is 14.5 Å². The maximum atomic E-state index is 4.64. The van der Waals surface area contributed by atoms with Crippen LogP contribution in [-0.4, -0.2) is 29.8 Å². The number of H-pyrrole nitrogens is 1. The Hall–Kier alpha value is -2.76. The van der Waals surface area contributed by atoms with Crippen LogP contribution in [-0.2, 0) is 5.41 Å². The lowest BCUT2D eigenvalue weighted by Gasteiger charge is -2.14. The van der Waals surface area contributed by atoms with Gasteiger partial charge in [-0.15, -0.1) is 5.10 Å². The molecule has 4 rings (SSSR count). The van der Waals surface area contributed by atoms with Crippen LogP contribution < -0.4 is 0 Å². The van der Waals surface area contributed by atoms with Gasteiger partial charge in [0.25, 0.3) is 0 Å². The number of nitrogens with one attached hydrogen (secondary N) is 1. The molecule has 0 atom stereocenters. The molecule has 0 amide bonds. The molecule has 0 saturated heterocycles.